The lowest BCUT2D eigenvalue weighted by atomic mass is 10.1. The van der Waals surface area contributed by atoms with Crippen LogP contribution in [0.1, 0.15) is 38.7 Å². The SMILES string of the molecule is Cc1nn(-c2ccccc2)c(C)c1CC(=O)NNC(=O)c1cc(C)n(-c2ccccc2)c1C. The van der Waals surface area contributed by atoms with Crippen molar-refractivity contribution in [2.24, 2.45) is 0 Å². The second-order valence-corrected chi connectivity index (χ2v) is 8.03. The van der Waals surface area contributed by atoms with Crippen LogP contribution in [-0.2, 0) is 11.2 Å². The molecule has 0 bridgehead atoms. The highest BCUT2D eigenvalue weighted by Gasteiger charge is 2.19. The summed E-state index contributed by atoms with van der Waals surface area (Å²) >= 11 is 0. The third kappa shape index (κ3) is 4.43. The summed E-state index contributed by atoms with van der Waals surface area (Å²) in [5.41, 5.74) is 11.8. The molecule has 2 N–H and O–H groups in total. The lowest BCUT2D eigenvalue weighted by molar-refractivity contribution is -0.121. The van der Waals surface area contributed by atoms with Gasteiger partial charge in [-0.15, -0.1) is 0 Å². The number of carbonyl (C=O) groups is 2. The summed E-state index contributed by atoms with van der Waals surface area (Å²) in [6, 6.07) is 21.4. The molecule has 0 unspecified atom stereocenters. The van der Waals surface area contributed by atoms with E-state index < -0.39 is 0 Å². The summed E-state index contributed by atoms with van der Waals surface area (Å²) in [4.78, 5) is 25.4. The van der Waals surface area contributed by atoms with Gasteiger partial charge >= 0.3 is 0 Å². The van der Waals surface area contributed by atoms with E-state index in [0.717, 1.165) is 39.7 Å². The van der Waals surface area contributed by atoms with Crippen molar-refractivity contribution in [2.45, 2.75) is 34.1 Å². The van der Waals surface area contributed by atoms with Crippen molar-refractivity contribution >= 4 is 11.8 Å². The van der Waals surface area contributed by atoms with E-state index in [1.54, 1.807) is 0 Å². The van der Waals surface area contributed by atoms with Crippen molar-refractivity contribution in [3.05, 3.63) is 101 Å². The number of hydrazine groups is 1. The quantitative estimate of drug-likeness (QED) is 0.461. The number of aromatic nitrogens is 3. The molecule has 0 atom stereocenters. The predicted octanol–water partition coefficient (Wildman–Crippen LogP) is 3.90. The van der Waals surface area contributed by atoms with Crippen molar-refractivity contribution < 1.29 is 9.59 Å². The molecular weight excluding hydrogens is 414 g/mol. The van der Waals surface area contributed by atoms with Crippen LogP contribution in [-0.4, -0.2) is 26.2 Å². The number of rotatable bonds is 5. The van der Waals surface area contributed by atoms with E-state index in [9.17, 15) is 9.59 Å². The van der Waals surface area contributed by atoms with E-state index in [2.05, 4.69) is 16.0 Å². The van der Waals surface area contributed by atoms with E-state index in [-0.39, 0.29) is 18.2 Å². The number of nitrogens with one attached hydrogen (secondary N) is 2. The van der Waals surface area contributed by atoms with Gasteiger partial charge in [0.15, 0.2) is 0 Å². The van der Waals surface area contributed by atoms with Gasteiger partial charge < -0.3 is 4.57 Å². The molecule has 33 heavy (non-hydrogen) atoms. The van der Waals surface area contributed by atoms with Gasteiger partial charge in [-0.3, -0.25) is 20.4 Å². The van der Waals surface area contributed by atoms with Gasteiger partial charge in [0.25, 0.3) is 5.91 Å². The summed E-state index contributed by atoms with van der Waals surface area (Å²) in [7, 11) is 0. The van der Waals surface area contributed by atoms with Crippen LogP contribution in [0.5, 0.6) is 0 Å². The Morgan fingerprint density at radius 1 is 0.818 bits per heavy atom. The Bertz CT molecular complexity index is 1300. The Morgan fingerprint density at radius 3 is 2.06 bits per heavy atom. The van der Waals surface area contributed by atoms with E-state index in [1.165, 1.54) is 0 Å². The number of hydrogen-bond acceptors (Lipinski definition) is 3. The van der Waals surface area contributed by atoms with Gasteiger partial charge in [-0.2, -0.15) is 5.10 Å². The molecule has 0 saturated carbocycles. The zero-order chi connectivity index (χ0) is 23.5. The highest BCUT2D eigenvalue weighted by Crippen LogP contribution is 2.21. The molecule has 0 aliphatic heterocycles. The van der Waals surface area contributed by atoms with Crippen LogP contribution >= 0.6 is 0 Å². The molecule has 2 heterocycles. The monoisotopic (exact) mass is 441 g/mol. The topological polar surface area (TPSA) is 81.0 Å². The fourth-order valence-electron chi connectivity index (χ4n) is 4.12. The molecule has 4 aromatic rings. The van der Waals surface area contributed by atoms with Crippen molar-refractivity contribution in [2.75, 3.05) is 0 Å². The molecule has 2 aromatic heterocycles. The molecule has 168 valence electrons. The smallest absolute Gasteiger partial charge is 0.271 e. The maximum Gasteiger partial charge on any atom is 0.271 e. The average Bonchev–Trinajstić information content (AvgIpc) is 3.28. The average molecular weight is 442 g/mol. The first kappa shape index (κ1) is 22.1. The second kappa shape index (κ2) is 9.16. The van der Waals surface area contributed by atoms with E-state index >= 15 is 0 Å². The Hall–Kier alpha value is -4.13. The minimum absolute atomic E-state index is 0.119. The lowest BCUT2D eigenvalue weighted by Gasteiger charge is -2.10. The minimum Gasteiger partial charge on any atom is -0.318 e. The van der Waals surface area contributed by atoms with Crippen LogP contribution < -0.4 is 10.9 Å². The van der Waals surface area contributed by atoms with Crippen molar-refractivity contribution in [3.8, 4) is 11.4 Å². The zero-order valence-electron chi connectivity index (χ0n) is 19.2. The molecule has 0 spiro atoms. The second-order valence-electron chi connectivity index (χ2n) is 8.03. The van der Waals surface area contributed by atoms with Crippen LogP contribution in [0, 0.1) is 27.7 Å². The minimum atomic E-state index is -0.355. The molecule has 7 nitrogen and oxygen atoms in total. The van der Waals surface area contributed by atoms with Gasteiger partial charge in [-0.05, 0) is 58.0 Å². The largest absolute Gasteiger partial charge is 0.318 e. The first-order valence-corrected chi connectivity index (χ1v) is 10.8. The number of nitrogens with zero attached hydrogens (tertiary/aromatic N) is 3. The molecule has 2 aromatic carbocycles. The summed E-state index contributed by atoms with van der Waals surface area (Å²) < 4.78 is 3.84. The van der Waals surface area contributed by atoms with Crippen LogP contribution in [0.4, 0.5) is 0 Å². The van der Waals surface area contributed by atoms with Gasteiger partial charge in [0.1, 0.15) is 0 Å². The van der Waals surface area contributed by atoms with Crippen molar-refractivity contribution in [1.82, 2.24) is 25.2 Å². The van der Waals surface area contributed by atoms with E-state index in [1.807, 2.05) is 104 Å². The predicted molar refractivity (Wildman–Crippen MR) is 128 cm³/mol. The normalized spacial score (nSPS) is 10.8. The highest BCUT2D eigenvalue weighted by molar-refractivity contribution is 5.97. The summed E-state index contributed by atoms with van der Waals surface area (Å²) in [6.45, 7) is 7.66. The maximum atomic E-state index is 12.8. The molecular formula is C26H27N5O2. The van der Waals surface area contributed by atoms with Crippen molar-refractivity contribution in [3.63, 3.8) is 0 Å². The molecule has 4 rings (SSSR count). The van der Waals surface area contributed by atoms with Gasteiger partial charge in [0, 0.05) is 28.3 Å². The summed E-state index contributed by atoms with van der Waals surface area (Å²) in [5.74, 6) is -0.661. The Labute approximate surface area is 193 Å². The summed E-state index contributed by atoms with van der Waals surface area (Å²) in [5, 5.41) is 4.58. The van der Waals surface area contributed by atoms with Gasteiger partial charge in [-0.25, -0.2) is 4.68 Å². The lowest BCUT2D eigenvalue weighted by Crippen LogP contribution is -2.42. The molecule has 0 aliphatic carbocycles. The van der Waals surface area contributed by atoms with Crippen LogP contribution in [0.25, 0.3) is 11.4 Å². The summed E-state index contributed by atoms with van der Waals surface area (Å²) in [6.07, 6.45) is 0.119. The van der Waals surface area contributed by atoms with E-state index in [4.69, 9.17) is 0 Å². The third-order valence-corrected chi connectivity index (χ3v) is 5.78. The number of para-hydroxylation sites is 2. The van der Waals surface area contributed by atoms with E-state index in [0.29, 0.717) is 5.56 Å². The molecule has 0 saturated heterocycles. The molecule has 0 fully saturated rings. The standard InChI is InChI=1S/C26H27N5O2/c1-17-15-24(19(3)30(17)21-11-7-5-8-12-21)26(33)28-27-25(32)16-23-18(2)29-31(20(23)4)22-13-9-6-10-14-22/h5-15H,16H2,1-4H3,(H,27,32)(H,28,33). The molecule has 7 heteroatoms. The number of benzene rings is 2. The third-order valence-electron chi connectivity index (χ3n) is 5.78. The molecule has 0 aliphatic rings. The number of amides is 2. The van der Waals surface area contributed by atoms with Crippen molar-refractivity contribution in [1.29, 1.82) is 0 Å². The van der Waals surface area contributed by atoms with Crippen LogP contribution in [0.3, 0.4) is 0 Å². The molecule has 0 radical (unpaired) electrons. The van der Waals surface area contributed by atoms with Gasteiger partial charge in [0.2, 0.25) is 5.91 Å². The first-order valence-electron chi connectivity index (χ1n) is 10.8. The zero-order valence-corrected chi connectivity index (χ0v) is 19.2. The van der Waals surface area contributed by atoms with Crippen LogP contribution in [0.15, 0.2) is 66.7 Å². The van der Waals surface area contributed by atoms with Gasteiger partial charge in [0.05, 0.1) is 23.4 Å². The Kier molecular flexibility index (Phi) is 6.13. The van der Waals surface area contributed by atoms with Gasteiger partial charge in [-0.1, -0.05) is 36.4 Å². The fraction of sp³-hybridized carbons (Fsp3) is 0.192. The fourth-order valence-corrected chi connectivity index (χ4v) is 4.12. The maximum absolute atomic E-state index is 12.8. The first-order chi connectivity index (χ1) is 15.9. The van der Waals surface area contributed by atoms with Crippen LogP contribution in [0.2, 0.25) is 0 Å². The number of aryl methyl sites for hydroxylation is 2. The number of hydrogen-bond donors (Lipinski definition) is 2. The Morgan fingerprint density at radius 2 is 1.42 bits per heavy atom. The Balaban J connectivity index is 1.44. The molecule has 2 amide bonds. The highest BCUT2D eigenvalue weighted by atomic mass is 16.2. The number of carbonyl (C=O) groups excluding carboxylic acids is 2.